The van der Waals surface area contributed by atoms with Gasteiger partial charge in [-0.25, -0.2) is 4.39 Å². The molecule has 0 radical (unpaired) electrons. The third-order valence-corrected chi connectivity index (χ3v) is 4.73. The molecule has 1 aliphatic rings. The normalized spacial score (nSPS) is 15.9. The van der Waals surface area contributed by atoms with Crippen LogP contribution in [0.2, 0.25) is 0 Å². The van der Waals surface area contributed by atoms with E-state index >= 15 is 0 Å². The van der Waals surface area contributed by atoms with Crippen molar-refractivity contribution >= 4 is 11.1 Å². The van der Waals surface area contributed by atoms with Gasteiger partial charge in [0, 0.05) is 17.2 Å². The highest BCUT2D eigenvalue weighted by Crippen LogP contribution is 2.44. The Labute approximate surface area is 166 Å². The number of hydrogen-bond donors (Lipinski definition) is 1. The van der Waals surface area contributed by atoms with Gasteiger partial charge in [0.15, 0.2) is 0 Å². The molecule has 0 atom stereocenters. The van der Waals surface area contributed by atoms with Crippen molar-refractivity contribution in [3.05, 3.63) is 71.1 Å². The maximum atomic E-state index is 14.2. The summed E-state index contributed by atoms with van der Waals surface area (Å²) in [7, 11) is 0. The van der Waals surface area contributed by atoms with Crippen molar-refractivity contribution in [3.8, 4) is 11.5 Å². The summed E-state index contributed by atoms with van der Waals surface area (Å²) < 4.78 is 26.3. The Morgan fingerprint density at radius 1 is 1.18 bits per heavy atom. The average Bonchev–Trinajstić information content (AvgIpc) is 2.69. The fraction of sp³-hybridized carbons (Fsp3) is 0.333. The number of hydrogen-bond acceptors (Lipinski definition) is 3. The van der Waals surface area contributed by atoms with Gasteiger partial charge in [0.1, 0.15) is 22.9 Å². The van der Waals surface area contributed by atoms with Gasteiger partial charge >= 0.3 is 0 Å². The summed E-state index contributed by atoms with van der Waals surface area (Å²) in [5.41, 5.74) is 3.50. The first-order chi connectivity index (χ1) is 13.4. The van der Waals surface area contributed by atoms with Crippen molar-refractivity contribution < 1.29 is 19.0 Å². The fourth-order valence-corrected chi connectivity index (χ4v) is 3.34. The lowest BCUT2D eigenvalue weighted by Gasteiger charge is -2.32. The van der Waals surface area contributed by atoms with E-state index < -0.39 is 18.0 Å². The smallest absolute Gasteiger partial charge is 0.132 e. The first kappa shape index (κ1) is 20.2. The zero-order chi connectivity index (χ0) is 20.3. The summed E-state index contributed by atoms with van der Waals surface area (Å²) in [4.78, 5) is 0. The predicted molar refractivity (Wildman–Crippen MR) is 111 cm³/mol. The summed E-state index contributed by atoms with van der Waals surface area (Å²) in [6.07, 6.45) is 2.92. The third kappa shape index (κ3) is 4.12. The quantitative estimate of drug-likeness (QED) is 0.689. The summed E-state index contributed by atoms with van der Waals surface area (Å²) in [5, 5.41) is 9.26. The first-order valence-electron chi connectivity index (χ1n) is 9.61. The molecule has 0 aromatic heterocycles. The molecule has 1 aliphatic heterocycles. The molecule has 0 aliphatic carbocycles. The number of aliphatic hydroxyl groups excluding tert-OH is 1. The highest BCUT2D eigenvalue weighted by Gasteiger charge is 2.29. The average molecular weight is 382 g/mol. The van der Waals surface area contributed by atoms with Crippen LogP contribution in [-0.4, -0.2) is 23.9 Å². The van der Waals surface area contributed by atoms with Crippen LogP contribution in [0.25, 0.3) is 11.1 Å². The number of fused-ring (bicyclic) bond motifs is 1. The zero-order valence-electron chi connectivity index (χ0n) is 16.9. The topological polar surface area (TPSA) is 38.7 Å². The van der Waals surface area contributed by atoms with Crippen molar-refractivity contribution in [1.82, 2.24) is 0 Å². The Morgan fingerprint density at radius 3 is 2.54 bits per heavy atom. The van der Waals surface area contributed by atoms with E-state index in [4.69, 9.17) is 9.47 Å². The molecule has 4 heteroatoms. The van der Waals surface area contributed by atoms with Crippen molar-refractivity contribution in [3.63, 3.8) is 0 Å². The molecule has 0 fully saturated rings. The maximum absolute atomic E-state index is 14.2. The maximum Gasteiger partial charge on any atom is 0.132 e. The molecule has 0 saturated heterocycles. The van der Waals surface area contributed by atoms with Crippen LogP contribution in [0.4, 0.5) is 4.39 Å². The van der Waals surface area contributed by atoms with E-state index in [0.29, 0.717) is 29.2 Å². The zero-order valence-corrected chi connectivity index (χ0v) is 16.9. The van der Waals surface area contributed by atoms with Gasteiger partial charge in [-0.2, -0.15) is 0 Å². The summed E-state index contributed by atoms with van der Waals surface area (Å²) >= 11 is 0. The van der Waals surface area contributed by atoms with Crippen LogP contribution in [-0.2, 0) is 0 Å². The van der Waals surface area contributed by atoms with E-state index in [9.17, 15) is 9.50 Å². The number of ether oxygens (including phenoxy) is 2. The van der Waals surface area contributed by atoms with Crippen molar-refractivity contribution in [2.24, 2.45) is 0 Å². The minimum absolute atomic E-state index is 0.369. The Morgan fingerprint density at radius 2 is 1.89 bits per heavy atom. The number of allylic oxidation sites excluding steroid dienone is 1. The molecule has 0 unspecified atom stereocenters. The largest absolute Gasteiger partial charge is 0.493 e. The number of aliphatic hydroxyl groups is 1. The van der Waals surface area contributed by atoms with Crippen LogP contribution >= 0.6 is 0 Å². The second-order valence-corrected chi connectivity index (χ2v) is 7.51. The third-order valence-electron chi connectivity index (χ3n) is 4.73. The van der Waals surface area contributed by atoms with Crippen LogP contribution in [0.15, 0.2) is 54.4 Å². The van der Waals surface area contributed by atoms with Gasteiger partial charge in [-0.1, -0.05) is 37.3 Å². The molecule has 0 bridgehead atoms. The Balaban J connectivity index is 2.23. The minimum Gasteiger partial charge on any atom is -0.493 e. The second-order valence-electron chi connectivity index (χ2n) is 7.51. The molecule has 1 N–H and O–H groups in total. The van der Waals surface area contributed by atoms with Crippen LogP contribution in [0.5, 0.6) is 11.5 Å². The molecule has 28 heavy (non-hydrogen) atoms. The number of benzene rings is 2. The standard InChI is InChI=1S/C24H27FO3/c1-5-11-27-22-13-23-19(12-18(22)16(2)21(25)15-26)20(14-24(3,4)28-23)17-9-7-6-8-10-17/h6-10,12-14,26H,5,11,15H2,1-4H3. The van der Waals surface area contributed by atoms with Crippen LogP contribution in [0, 0.1) is 0 Å². The highest BCUT2D eigenvalue weighted by molar-refractivity contribution is 5.87. The molecule has 148 valence electrons. The molecule has 0 amide bonds. The Hall–Kier alpha value is -2.59. The van der Waals surface area contributed by atoms with Gasteiger partial charge in [0.2, 0.25) is 0 Å². The SMILES string of the molecule is CCCOc1cc2c(cc1C(C)=C(F)CO)C(c1ccccc1)=CC(C)(C)O2. The minimum atomic E-state index is -0.638. The van der Waals surface area contributed by atoms with Gasteiger partial charge in [-0.15, -0.1) is 0 Å². The number of rotatable bonds is 6. The lowest BCUT2D eigenvalue weighted by atomic mass is 9.88. The van der Waals surface area contributed by atoms with E-state index in [1.165, 1.54) is 0 Å². The van der Waals surface area contributed by atoms with E-state index in [-0.39, 0.29) is 0 Å². The monoisotopic (exact) mass is 382 g/mol. The molecule has 0 spiro atoms. The van der Waals surface area contributed by atoms with Crippen LogP contribution < -0.4 is 9.47 Å². The van der Waals surface area contributed by atoms with Gasteiger partial charge in [-0.3, -0.25) is 0 Å². The van der Waals surface area contributed by atoms with Gasteiger partial charge in [0.25, 0.3) is 0 Å². The highest BCUT2D eigenvalue weighted by atomic mass is 19.1. The molecule has 2 aromatic carbocycles. The molecule has 1 heterocycles. The lowest BCUT2D eigenvalue weighted by Crippen LogP contribution is -2.29. The summed E-state index contributed by atoms with van der Waals surface area (Å²) in [5.74, 6) is 0.703. The second kappa shape index (κ2) is 8.19. The molecule has 3 rings (SSSR count). The van der Waals surface area contributed by atoms with Crippen molar-refractivity contribution in [1.29, 1.82) is 0 Å². The van der Waals surface area contributed by atoms with E-state index in [1.807, 2.05) is 51.1 Å². The molecule has 0 saturated carbocycles. The lowest BCUT2D eigenvalue weighted by molar-refractivity contribution is 0.157. The van der Waals surface area contributed by atoms with Crippen LogP contribution in [0.1, 0.15) is 50.8 Å². The van der Waals surface area contributed by atoms with Crippen molar-refractivity contribution in [2.75, 3.05) is 13.2 Å². The van der Waals surface area contributed by atoms with E-state index in [0.717, 1.165) is 23.1 Å². The summed E-state index contributed by atoms with van der Waals surface area (Å²) in [6.45, 7) is 7.58. The number of halogens is 1. The molecular weight excluding hydrogens is 355 g/mol. The molecular formula is C24H27FO3. The fourth-order valence-electron chi connectivity index (χ4n) is 3.34. The molecule has 3 nitrogen and oxygen atoms in total. The van der Waals surface area contributed by atoms with Crippen LogP contribution in [0.3, 0.4) is 0 Å². The Kier molecular flexibility index (Phi) is 5.90. The van der Waals surface area contributed by atoms with Gasteiger partial charge in [-0.05, 0) is 56.0 Å². The van der Waals surface area contributed by atoms with Gasteiger partial charge < -0.3 is 14.6 Å². The van der Waals surface area contributed by atoms with E-state index in [1.54, 1.807) is 6.92 Å². The predicted octanol–water partition coefficient (Wildman–Crippen LogP) is 5.77. The van der Waals surface area contributed by atoms with Crippen molar-refractivity contribution in [2.45, 2.75) is 39.7 Å². The summed E-state index contributed by atoms with van der Waals surface area (Å²) in [6, 6.07) is 13.8. The van der Waals surface area contributed by atoms with Gasteiger partial charge in [0.05, 0.1) is 13.2 Å². The first-order valence-corrected chi connectivity index (χ1v) is 9.61. The van der Waals surface area contributed by atoms with E-state index in [2.05, 4.69) is 18.2 Å². The Bertz CT molecular complexity index is 911. The molecule has 2 aromatic rings.